The Bertz CT molecular complexity index is 389. The maximum atomic E-state index is 11.8. The van der Waals surface area contributed by atoms with Crippen molar-refractivity contribution >= 4 is 11.9 Å². The van der Waals surface area contributed by atoms with E-state index in [1.165, 1.54) is 12.8 Å². The first-order valence-electron chi connectivity index (χ1n) is 9.02. The normalized spacial score (nSPS) is 19.7. The van der Waals surface area contributed by atoms with Gasteiger partial charge in [0.25, 0.3) is 0 Å². The SMILES string of the molecule is CCNC(=NCCOCC1CC1)N1CCC(C(=O)OCC)CC1. The van der Waals surface area contributed by atoms with Crippen molar-refractivity contribution in [2.45, 2.75) is 39.5 Å². The molecule has 0 atom stereocenters. The minimum absolute atomic E-state index is 0.0379. The minimum Gasteiger partial charge on any atom is -0.466 e. The number of carbonyl (C=O) groups is 1. The molecule has 6 heteroatoms. The number of hydrogen-bond acceptors (Lipinski definition) is 4. The molecule has 0 aromatic heterocycles. The molecule has 132 valence electrons. The third-order valence-corrected chi connectivity index (χ3v) is 4.30. The average Bonchev–Trinajstić information content (AvgIpc) is 3.38. The molecule has 0 aromatic rings. The van der Waals surface area contributed by atoms with E-state index in [0.29, 0.717) is 19.8 Å². The van der Waals surface area contributed by atoms with Crippen molar-refractivity contribution in [3.8, 4) is 0 Å². The highest BCUT2D eigenvalue weighted by Gasteiger charge is 2.27. The Kier molecular flexibility index (Phi) is 7.65. The molecular formula is C17H31N3O3. The van der Waals surface area contributed by atoms with Gasteiger partial charge < -0.3 is 19.7 Å². The molecule has 0 bridgehead atoms. The van der Waals surface area contributed by atoms with Crippen LogP contribution in [0.4, 0.5) is 0 Å². The van der Waals surface area contributed by atoms with Crippen molar-refractivity contribution in [3.63, 3.8) is 0 Å². The Morgan fingerprint density at radius 2 is 1.96 bits per heavy atom. The predicted octanol–water partition coefficient (Wildman–Crippen LogP) is 1.65. The summed E-state index contributed by atoms with van der Waals surface area (Å²) in [4.78, 5) is 18.7. The third kappa shape index (κ3) is 6.37. The zero-order valence-corrected chi connectivity index (χ0v) is 14.6. The highest BCUT2D eigenvalue weighted by Crippen LogP contribution is 2.28. The van der Waals surface area contributed by atoms with E-state index in [1.807, 2.05) is 6.92 Å². The van der Waals surface area contributed by atoms with Crippen LogP contribution in [-0.2, 0) is 14.3 Å². The molecule has 1 aliphatic carbocycles. The number of likely N-dealkylation sites (tertiary alicyclic amines) is 1. The van der Waals surface area contributed by atoms with E-state index < -0.39 is 0 Å². The van der Waals surface area contributed by atoms with E-state index in [2.05, 4.69) is 22.1 Å². The van der Waals surface area contributed by atoms with Crippen LogP contribution in [0.1, 0.15) is 39.5 Å². The summed E-state index contributed by atoms with van der Waals surface area (Å²) in [6, 6.07) is 0. The molecule has 0 amide bonds. The van der Waals surface area contributed by atoms with Crippen molar-refractivity contribution in [1.82, 2.24) is 10.2 Å². The molecule has 1 heterocycles. The number of ether oxygens (including phenoxy) is 2. The molecule has 0 unspecified atom stereocenters. The molecule has 6 nitrogen and oxygen atoms in total. The Hall–Kier alpha value is -1.30. The standard InChI is InChI=1S/C17H31N3O3/c1-3-18-17(19-9-12-22-13-14-5-6-14)20-10-7-15(8-11-20)16(21)23-4-2/h14-15H,3-13H2,1-2H3,(H,18,19). The van der Waals surface area contributed by atoms with Crippen LogP contribution in [0.25, 0.3) is 0 Å². The van der Waals surface area contributed by atoms with Crippen molar-refractivity contribution in [3.05, 3.63) is 0 Å². The molecule has 1 saturated heterocycles. The largest absolute Gasteiger partial charge is 0.466 e. The van der Waals surface area contributed by atoms with Gasteiger partial charge in [0.2, 0.25) is 0 Å². The molecule has 0 aromatic carbocycles. The highest BCUT2D eigenvalue weighted by molar-refractivity contribution is 5.80. The number of carbonyl (C=O) groups excluding carboxylic acids is 1. The number of esters is 1. The molecule has 2 aliphatic rings. The molecular weight excluding hydrogens is 294 g/mol. The van der Waals surface area contributed by atoms with E-state index >= 15 is 0 Å². The maximum Gasteiger partial charge on any atom is 0.309 e. The Balaban J connectivity index is 1.72. The highest BCUT2D eigenvalue weighted by atomic mass is 16.5. The zero-order valence-electron chi connectivity index (χ0n) is 14.6. The molecule has 2 rings (SSSR count). The Morgan fingerprint density at radius 1 is 1.22 bits per heavy atom. The van der Waals surface area contributed by atoms with Crippen LogP contribution >= 0.6 is 0 Å². The first kappa shape index (κ1) is 18.0. The zero-order chi connectivity index (χ0) is 16.5. The monoisotopic (exact) mass is 325 g/mol. The number of guanidine groups is 1. The lowest BCUT2D eigenvalue weighted by molar-refractivity contribution is -0.149. The summed E-state index contributed by atoms with van der Waals surface area (Å²) in [6.07, 6.45) is 4.31. The summed E-state index contributed by atoms with van der Waals surface area (Å²) in [5.74, 6) is 1.72. The van der Waals surface area contributed by atoms with Crippen LogP contribution in [-0.4, -0.2) is 62.8 Å². The first-order valence-corrected chi connectivity index (χ1v) is 9.02. The van der Waals surface area contributed by atoms with Crippen LogP contribution in [0, 0.1) is 11.8 Å². The predicted molar refractivity (Wildman–Crippen MR) is 90.5 cm³/mol. The molecule has 23 heavy (non-hydrogen) atoms. The Labute approximate surface area is 139 Å². The number of piperidine rings is 1. The summed E-state index contributed by atoms with van der Waals surface area (Å²) >= 11 is 0. The maximum absolute atomic E-state index is 11.8. The van der Waals surface area contributed by atoms with E-state index in [1.54, 1.807) is 0 Å². The van der Waals surface area contributed by atoms with Crippen LogP contribution in [0.5, 0.6) is 0 Å². The summed E-state index contributed by atoms with van der Waals surface area (Å²) in [5.41, 5.74) is 0. The van der Waals surface area contributed by atoms with Crippen LogP contribution in [0.3, 0.4) is 0 Å². The number of nitrogens with zero attached hydrogens (tertiary/aromatic N) is 2. The van der Waals surface area contributed by atoms with Gasteiger partial charge in [0.15, 0.2) is 5.96 Å². The topological polar surface area (TPSA) is 63.2 Å². The molecule has 0 spiro atoms. The molecule has 1 N–H and O–H groups in total. The van der Waals surface area contributed by atoms with E-state index in [4.69, 9.17) is 9.47 Å². The van der Waals surface area contributed by atoms with Crippen LogP contribution in [0.2, 0.25) is 0 Å². The van der Waals surface area contributed by atoms with Crippen molar-refractivity contribution in [1.29, 1.82) is 0 Å². The summed E-state index contributed by atoms with van der Waals surface area (Å²) in [7, 11) is 0. The van der Waals surface area contributed by atoms with Crippen molar-refractivity contribution in [2.24, 2.45) is 16.8 Å². The van der Waals surface area contributed by atoms with Crippen LogP contribution < -0.4 is 5.32 Å². The second-order valence-electron chi connectivity index (χ2n) is 6.27. The van der Waals surface area contributed by atoms with E-state index in [0.717, 1.165) is 51.0 Å². The van der Waals surface area contributed by atoms with Gasteiger partial charge in [0.05, 0.1) is 25.7 Å². The molecule has 1 saturated carbocycles. The summed E-state index contributed by atoms with van der Waals surface area (Å²) in [5, 5.41) is 3.34. The van der Waals surface area contributed by atoms with Gasteiger partial charge in [-0.2, -0.15) is 0 Å². The van der Waals surface area contributed by atoms with Crippen molar-refractivity contribution in [2.75, 3.05) is 46.0 Å². The van der Waals surface area contributed by atoms with Gasteiger partial charge in [-0.25, -0.2) is 0 Å². The van der Waals surface area contributed by atoms with E-state index in [9.17, 15) is 4.79 Å². The third-order valence-electron chi connectivity index (χ3n) is 4.30. The first-order chi connectivity index (χ1) is 11.2. The fourth-order valence-electron chi connectivity index (χ4n) is 2.76. The molecule has 1 aliphatic heterocycles. The quantitative estimate of drug-likeness (QED) is 0.318. The summed E-state index contributed by atoms with van der Waals surface area (Å²) < 4.78 is 10.8. The lowest BCUT2D eigenvalue weighted by atomic mass is 9.97. The van der Waals surface area contributed by atoms with Gasteiger partial charge in [-0.3, -0.25) is 9.79 Å². The fraction of sp³-hybridized carbons (Fsp3) is 0.882. The second kappa shape index (κ2) is 9.75. The Morgan fingerprint density at radius 3 is 2.57 bits per heavy atom. The number of aliphatic imine (C=N–C) groups is 1. The van der Waals surface area contributed by atoms with Gasteiger partial charge in [0.1, 0.15) is 0 Å². The van der Waals surface area contributed by atoms with Gasteiger partial charge >= 0.3 is 5.97 Å². The fourth-order valence-corrected chi connectivity index (χ4v) is 2.76. The van der Waals surface area contributed by atoms with Crippen molar-refractivity contribution < 1.29 is 14.3 Å². The van der Waals surface area contributed by atoms with E-state index in [-0.39, 0.29) is 11.9 Å². The molecule has 2 fully saturated rings. The second-order valence-corrected chi connectivity index (χ2v) is 6.27. The smallest absolute Gasteiger partial charge is 0.309 e. The number of nitrogens with one attached hydrogen (secondary N) is 1. The summed E-state index contributed by atoms with van der Waals surface area (Å²) in [6.45, 7) is 9.19. The molecule has 0 radical (unpaired) electrons. The van der Waals surface area contributed by atoms with Crippen LogP contribution in [0.15, 0.2) is 4.99 Å². The number of hydrogen-bond donors (Lipinski definition) is 1. The van der Waals surface area contributed by atoms with Gasteiger partial charge in [-0.15, -0.1) is 0 Å². The van der Waals surface area contributed by atoms with Gasteiger partial charge in [0, 0.05) is 26.2 Å². The number of rotatable bonds is 8. The lowest BCUT2D eigenvalue weighted by Crippen LogP contribution is -2.46. The van der Waals surface area contributed by atoms with Gasteiger partial charge in [-0.05, 0) is 45.4 Å². The average molecular weight is 325 g/mol. The minimum atomic E-state index is -0.0532. The van der Waals surface area contributed by atoms with Gasteiger partial charge in [-0.1, -0.05) is 0 Å². The lowest BCUT2D eigenvalue weighted by Gasteiger charge is -2.33.